The maximum atomic E-state index is 10.2. The number of anilines is 2. The van der Waals surface area contributed by atoms with Crippen molar-refractivity contribution in [2.45, 2.75) is 32.0 Å². The van der Waals surface area contributed by atoms with E-state index in [1.165, 1.54) is 0 Å². The molecule has 0 bridgehead atoms. The Bertz CT molecular complexity index is 450. The molecule has 1 atom stereocenters. The first kappa shape index (κ1) is 14.7. The lowest BCUT2D eigenvalue weighted by Crippen LogP contribution is -2.37. The maximum Gasteiger partial charge on any atom is 0.323 e. The van der Waals surface area contributed by atoms with Crippen LogP contribution in [-0.4, -0.2) is 51.5 Å². The van der Waals surface area contributed by atoms with E-state index >= 15 is 0 Å². The number of hydrogen-bond donors (Lipinski definition) is 4. The third-order valence-electron chi connectivity index (χ3n) is 2.74. The molecular formula is C11H20N6O3. The van der Waals surface area contributed by atoms with Gasteiger partial charge in [0, 0.05) is 19.6 Å². The maximum absolute atomic E-state index is 10.2. The van der Waals surface area contributed by atoms with Crippen molar-refractivity contribution >= 4 is 11.9 Å². The van der Waals surface area contributed by atoms with E-state index in [0.29, 0.717) is 19.6 Å². The summed E-state index contributed by atoms with van der Waals surface area (Å²) in [5.41, 5.74) is 1.45. The fourth-order valence-electron chi connectivity index (χ4n) is 1.74. The molecule has 9 nitrogen and oxygen atoms in total. The molecule has 0 aromatic carbocycles. The van der Waals surface area contributed by atoms with Crippen LogP contribution in [0, 0.1) is 0 Å². The Morgan fingerprint density at radius 1 is 1.40 bits per heavy atom. The van der Waals surface area contributed by atoms with Crippen molar-refractivity contribution in [2.24, 2.45) is 5.84 Å². The molecule has 1 aliphatic heterocycles. The van der Waals surface area contributed by atoms with Crippen molar-refractivity contribution in [3.05, 3.63) is 0 Å². The van der Waals surface area contributed by atoms with Gasteiger partial charge in [-0.2, -0.15) is 15.0 Å². The van der Waals surface area contributed by atoms with Crippen molar-refractivity contribution in [3.63, 3.8) is 0 Å². The highest BCUT2D eigenvalue weighted by Gasteiger charge is 2.32. The summed E-state index contributed by atoms with van der Waals surface area (Å²) in [6.07, 6.45) is 0.505. The molecule has 1 aromatic heterocycles. The van der Waals surface area contributed by atoms with Crippen LogP contribution >= 0.6 is 0 Å². The van der Waals surface area contributed by atoms with Gasteiger partial charge in [-0.25, -0.2) is 5.84 Å². The van der Waals surface area contributed by atoms with Crippen LogP contribution in [0.2, 0.25) is 0 Å². The number of hydrazine groups is 1. The molecule has 0 amide bonds. The molecule has 1 aromatic rings. The number of hydrogen-bond acceptors (Lipinski definition) is 9. The van der Waals surface area contributed by atoms with Crippen LogP contribution in [-0.2, 0) is 4.74 Å². The summed E-state index contributed by atoms with van der Waals surface area (Å²) in [5.74, 6) is 5.78. The van der Waals surface area contributed by atoms with Crippen molar-refractivity contribution < 1.29 is 14.6 Å². The van der Waals surface area contributed by atoms with Crippen LogP contribution in [0.5, 0.6) is 6.01 Å². The van der Waals surface area contributed by atoms with Gasteiger partial charge in [0.25, 0.3) is 0 Å². The summed E-state index contributed by atoms with van der Waals surface area (Å²) in [6, 6.07) is 0.167. The lowest BCUT2D eigenvalue weighted by Gasteiger charge is -2.20. The average molecular weight is 284 g/mol. The SMILES string of the molecule is CC(C)Oc1nc(NN)nc(NCC2(O)CCOC2)n1. The van der Waals surface area contributed by atoms with Gasteiger partial charge in [0.2, 0.25) is 11.9 Å². The topological polar surface area (TPSA) is 127 Å². The third kappa shape index (κ3) is 3.89. The average Bonchev–Trinajstić information content (AvgIpc) is 2.83. The van der Waals surface area contributed by atoms with E-state index < -0.39 is 5.60 Å². The molecule has 2 heterocycles. The second-order valence-corrected chi connectivity index (χ2v) is 4.96. The van der Waals surface area contributed by atoms with Gasteiger partial charge in [-0.05, 0) is 13.8 Å². The molecule has 9 heteroatoms. The summed E-state index contributed by atoms with van der Waals surface area (Å²) in [6.45, 7) is 4.85. The monoisotopic (exact) mass is 284 g/mol. The van der Waals surface area contributed by atoms with Gasteiger partial charge in [0.05, 0.1) is 12.7 Å². The lowest BCUT2D eigenvalue weighted by atomic mass is 10.0. The predicted octanol–water partition coefficient (Wildman–Crippen LogP) is -0.492. The van der Waals surface area contributed by atoms with E-state index in [0.717, 1.165) is 0 Å². The molecule has 5 N–H and O–H groups in total. The summed E-state index contributed by atoms with van der Waals surface area (Å²) >= 11 is 0. The van der Waals surface area contributed by atoms with E-state index in [1.54, 1.807) is 0 Å². The van der Waals surface area contributed by atoms with E-state index in [4.69, 9.17) is 15.3 Å². The fourth-order valence-corrected chi connectivity index (χ4v) is 1.74. The minimum atomic E-state index is -0.901. The van der Waals surface area contributed by atoms with Gasteiger partial charge in [0.1, 0.15) is 5.60 Å². The number of aliphatic hydroxyl groups is 1. The molecule has 2 rings (SSSR count). The second-order valence-electron chi connectivity index (χ2n) is 4.96. The first-order valence-corrected chi connectivity index (χ1v) is 6.44. The standard InChI is InChI=1S/C11H20N6O3/c1-7(2)20-10-15-8(14-9(16-10)17-12)13-5-11(18)3-4-19-6-11/h7,18H,3-6,12H2,1-2H3,(H2,13,14,15,16,17). The van der Waals surface area contributed by atoms with Crippen molar-refractivity contribution in [1.29, 1.82) is 0 Å². The number of nitrogens with two attached hydrogens (primary N) is 1. The van der Waals surface area contributed by atoms with Crippen LogP contribution < -0.4 is 21.3 Å². The molecular weight excluding hydrogens is 264 g/mol. The van der Waals surface area contributed by atoms with Gasteiger partial charge in [0.15, 0.2) is 0 Å². The largest absolute Gasteiger partial charge is 0.461 e. The molecule has 0 radical (unpaired) electrons. The molecule has 0 spiro atoms. The Morgan fingerprint density at radius 3 is 2.75 bits per heavy atom. The van der Waals surface area contributed by atoms with E-state index in [2.05, 4.69) is 25.7 Å². The zero-order valence-corrected chi connectivity index (χ0v) is 11.6. The number of nitrogens with one attached hydrogen (secondary N) is 2. The first-order chi connectivity index (χ1) is 9.50. The minimum Gasteiger partial charge on any atom is -0.461 e. The molecule has 112 valence electrons. The number of nitrogens with zero attached hydrogens (tertiary/aromatic N) is 3. The lowest BCUT2D eigenvalue weighted by molar-refractivity contribution is 0.0380. The summed E-state index contributed by atoms with van der Waals surface area (Å²) in [7, 11) is 0. The molecule has 1 saturated heterocycles. The van der Waals surface area contributed by atoms with Gasteiger partial charge in [-0.15, -0.1) is 0 Å². The zero-order valence-electron chi connectivity index (χ0n) is 11.6. The Morgan fingerprint density at radius 2 is 2.15 bits per heavy atom. The molecule has 1 aliphatic rings. The van der Waals surface area contributed by atoms with Gasteiger partial charge in [-0.1, -0.05) is 0 Å². The van der Waals surface area contributed by atoms with Crippen molar-refractivity contribution in [3.8, 4) is 6.01 Å². The highest BCUT2D eigenvalue weighted by atomic mass is 16.5. The number of ether oxygens (including phenoxy) is 2. The van der Waals surface area contributed by atoms with Crippen LogP contribution in [0.25, 0.3) is 0 Å². The van der Waals surface area contributed by atoms with Crippen LogP contribution in [0.4, 0.5) is 11.9 Å². The van der Waals surface area contributed by atoms with Crippen LogP contribution in [0.15, 0.2) is 0 Å². The molecule has 0 saturated carbocycles. The molecule has 1 fully saturated rings. The number of rotatable bonds is 6. The third-order valence-corrected chi connectivity index (χ3v) is 2.74. The first-order valence-electron chi connectivity index (χ1n) is 6.44. The summed E-state index contributed by atoms with van der Waals surface area (Å²) in [4.78, 5) is 12.1. The normalized spacial score (nSPS) is 22.1. The van der Waals surface area contributed by atoms with Crippen LogP contribution in [0.1, 0.15) is 20.3 Å². The Balaban J connectivity index is 2.05. The highest BCUT2D eigenvalue weighted by Crippen LogP contribution is 2.19. The van der Waals surface area contributed by atoms with E-state index in [9.17, 15) is 5.11 Å². The Kier molecular flexibility index (Phi) is 4.53. The smallest absolute Gasteiger partial charge is 0.323 e. The van der Waals surface area contributed by atoms with Gasteiger partial charge >= 0.3 is 6.01 Å². The van der Waals surface area contributed by atoms with Gasteiger partial charge in [-0.3, -0.25) is 5.43 Å². The van der Waals surface area contributed by atoms with Gasteiger partial charge < -0.3 is 19.9 Å². The van der Waals surface area contributed by atoms with Crippen LogP contribution in [0.3, 0.4) is 0 Å². The quantitative estimate of drug-likeness (QED) is 0.404. The minimum absolute atomic E-state index is 0.0664. The highest BCUT2D eigenvalue weighted by molar-refractivity contribution is 5.35. The fraction of sp³-hybridized carbons (Fsp3) is 0.727. The van der Waals surface area contributed by atoms with E-state index in [1.807, 2.05) is 13.8 Å². The summed E-state index contributed by atoms with van der Waals surface area (Å²) in [5, 5.41) is 13.1. The Hall–Kier alpha value is -1.71. The predicted molar refractivity (Wildman–Crippen MR) is 72.3 cm³/mol. The number of nitrogen functional groups attached to an aromatic ring is 1. The second kappa shape index (κ2) is 6.16. The zero-order chi connectivity index (χ0) is 14.6. The Labute approximate surface area is 116 Å². The summed E-state index contributed by atoms with van der Waals surface area (Å²) < 4.78 is 10.6. The molecule has 20 heavy (non-hydrogen) atoms. The van der Waals surface area contributed by atoms with E-state index in [-0.39, 0.29) is 30.6 Å². The van der Waals surface area contributed by atoms with Crippen molar-refractivity contribution in [1.82, 2.24) is 15.0 Å². The van der Waals surface area contributed by atoms with Crippen molar-refractivity contribution in [2.75, 3.05) is 30.5 Å². The number of aromatic nitrogens is 3. The molecule has 1 unspecified atom stereocenters. The molecule has 0 aliphatic carbocycles.